The van der Waals surface area contributed by atoms with Crippen LogP contribution in [0.4, 0.5) is 0 Å². The van der Waals surface area contributed by atoms with Crippen molar-refractivity contribution in [2.24, 2.45) is 28.7 Å². The average molecular weight is 616 g/mol. The summed E-state index contributed by atoms with van der Waals surface area (Å²) in [5.74, 6) is 0. The summed E-state index contributed by atoms with van der Waals surface area (Å²) < 4.78 is 34.4. The maximum Gasteiger partial charge on any atom is 0.187 e. The first kappa shape index (κ1) is 34.1. The van der Waals surface area contributed by atoms with Crippen LogP contribution in [0.25, 0.3) is 0 Å². The van der Waals surface area contributed by atoms with Crippen LogP contribution >= 0.6 is 0 Å². The third-order valence-electron chi connectivity index (χ3n) is 8.32. The molecule has 1 aliphatic carbocycles. The van der Waals surface area contributed by atoms with Crippen molar-refractivity contribution in [3.63, 3.8) is 0 Å². The summed E-state index contributed by atoms with van der Waals surface area (Å²) in [6, 6.07) is -4.30. The van der Waals surface area contributed by atoms with E-state index in [-0.39, 0.29) is 13.0 Å². The topological polar surface area (TPSA) is 347 Å². The standard InChI is InChI=1S/C23H45N5O14/c24-2-7-13(32)15(34)10(27)21(37-7)41-19-9(4-30)39-23(17(19)36)42-20-12(31)5(25)1-6(26)18(20)40-22-11(28)16(35)14(33)8(3-29)38-22/h5-23,29-36H,1-4,24-28H2/t5-,6?,7+,8?,9-,10?,11?,12-,13-,14-,15?,16-,17?,18-,19+,20?,21-,22-,23+/m1/s1. The Labute approximate surface area is 240 Å². The highest BCUT2D eigenvalue weighted by atomic mass is 16.8. The molecule has 3 heterocycles. The third-order valence-corrected chi connectivity index (χ3v) is 8.32. The van der Waals surface area contributed by atoms with Crippen molar-refractivity contribution in [3.8, 4) is 0 Å². The Kier molecular flexibility index (Phi) is 11.5. The van der Waals surface area contributed by atoms with Gasteiger partial charge in [-0.3, -0.25) is 0 Å². The van der Waals surface area contributed by atoms with E-state index in [1.54, 1.807) is 0 Å². The quantitative estimate of drug-likeness (QED) is 0.114. The zero-order valence-electron chi connectivity index (χ0n) is 22.7. The molecule has 42 heavy (non-hydrogen) atoms. The molecule has 0 spiro atoms. The summed E-state index contributed by atoms with van der Waals surface area (Å²) in [5.41, 5.74) is 29.9. The monoisotopic (exact) mass is 615 g/mol. The fourth-order valence-corrected chi connectivity index (χ4v) is 5.70. The molecule has 0 aromatic rings. The van der Waals surface area contributed by atoms with Gasteiger partial charge in [-0.1, -0.05) is 0 Å². The Morgan fingerprint density at radius 2 is 1.00 bits per heavy atom. The largest absolute Gasteiger partial charge is 0.394 e. The van der Waals surface area contributed by atoms with E-state index in [9.17, 15) is 40.9 Å². The van der Waals surface area contributed by atoms with Gasteiger partial charge in [0.15, 0.2) is 18.9 Å². The van der Waals surface area contributed by atoms with Crippen molar-refractivity contribution >= 4 is 0 Å². The Hall–Kier alpha value is -0.760. The molecule has 0 radical (unpaired) electrons. The first-order valence-electron chi connectivity index (χ1n) is 13.8. The highest BCUT2D eigenvalue weighted by Gasteiger charge is 2.54. The predicted molar refractivity (Wildman–Crippen MR) is 136 cm³/mol. The second-order valence-electron chi connectivity index (χ2n) is 11.2. The number of hydrogen-bond acceptors (Lipinski definition) is 19. The van der Waals surface area contributed by atoms with Crippen LogP contribution < -0.4 is 28.7 Å². The summed E-state index contributed by atoms with van der Waals surface area (Å²) in [7, 11) is 0. The van der Waals surface area contributed by atoms with Gasteiger partial charge in [0.2, 0.25) is 0 Å². The summed E-state index contributed by atoms with van der Waals surface area (Å²) >= 11 is 0. The summed E-state index contributed by atoms with van der Waals surface area (Å²) in [6.45, 7) is -1.49. The van der Waals surface area contributed by atoms with Crippen molar-refractivity contribution in [2.45, 2.75) is 123 Å². The molecule has 19 atom stereocenters. The minimum absolute atomic E-state index is 0.0642. The maximum absolute atomic E-state index is 11.1. The van der Waals surface area contributed by atoms with Gasteiger partial charge in [-0.2, -0.15) is 0 Å². The first-order valence-corrected chi connectivity index (χ1v) is 13.8. The normalized spacial score (nSPS) is 53.8. The molecule has 3 aliphatic heterocycles. The summed E-state index contributed by atoms with van der Waals surface area (Å²) in [4.78, 5) is 0. The predicted octanol–water partition coefficient (Wildman–Crippen LogP) is -8.86. The van der Waals surface area contributed by atoms with E-state index in [0.717, 1.165) is 0 Å². The SMILES string of the molecule is NC[C@@H]1O[C@H](O[C@@H]2C(O)[C@H](OC3[C@H](O[C@H]4OC(CO)[C@@H](O)[C@H](O)C4N)C(N)C[C@@H](N)[C@H]3O)O[C@@H]2CO)C(N)C(O)[C@@H]1O. The van der Waals surface area contributed by atoms with Gasteiger partial charge in [0.25, 0.3) is 0 Å². The molecule has 4 fully saturated rings. The number of nitrogens with two attached hydrogens (primary N) is 5. The lowest BCUT2D eigenvalue weighted by atomic mass is 9.84. The highest BCUT2D eigenvalue weighted by molar-refractivity contribution is 5.02. The smallest absolute Gasteiger partial charge is 0.187 e. The lowest BCUT2D eigenvalue weighted by molar-refractivity contribution is -0.310. The molecule has 7 unspecified atom stereocenters. The lowest BCUT2D eigenvalue weighted by Gasteiger charge is -2.47. The molecule has 0 aromatic heterocycles. The van der Waals surface area contributed by atoms with Gasteiger partial charge in [-0.15, -0.1) is 0 Å². The molecule has 19 heteroatoms. The van der Waals surface area contributed by atoms with Crippen LogP contribution in [0.15, 0.2) is 0 Å². The molecule has 18 N–H and O–H groups in total. The van der Waals surface area contributed by atoms with E-state index < -0.39 is 129 Å². The lowest BCUT2D eigenvalue weighted by Crippen LogP contribution is -2.68. The molecule has 4 rings (SSSR count). The van der Waals surface area contributed by atoms with Crippen LogP contribution in [0, 0.1) is 0 Å². The number of aliphatic hydroxyl groups is 8. The van der Waals surface area contributed by atoms with E-state index in [1.165, 1.54) is 0 Å². The second kappa shape index (κ2) is 14.1. The van der Waals surface area contributed by atoms with E-state index in [0.29, 0.717) is 0 Å². The molecule has 4 aliphatic rings. The van der Waals surface area contributed by atoms with Crippen molar-refractivity contribution < 1.29 is 69.3 Å². The zero-order chi connectivity index (χ0) is 31.0. The third kappa shape index (κ3) is 6.60. The molecule has 0 amide bonds. The molecule has 246 valence electrons. The Morgan fingerprint density at radius 3 is 1.55 bits per heavy atom. The average Bonchev–Trinajstić information content (AvgIpc) is 3.27. The van der Waals surface area contributed by atoms with Crippen molar-refractivity contribution in [2.75, 3.05) is 19.8 Å². The fraction of sp³-hybridized carbons (Fsp3) is 1.00. The molecule has 0 aromatic carbocycles. The first-order chi connectivity index (χ1) is 19.8. The van der Waals surface area contributed by atoms with E-state index in [1.807, 2.05) is 0 Å². The van der Waals surface area contributed by atoms with Gasteiger partial charge >= 0.3 is 0 Å². The van der Waals surface area contributed by atoms with Gasteiger partial charge in [-0.25, -0.2) is 0 Å². The van der Waals surface area contributed by atoms with E-state index in [4.69, 9.17) is 57.1 Å². The molecule has 19 nitrogen and oxygen atoms in total. The van der Waals surface area contributed by atoms with Crippen LogP contribution in [0.1, 0.15) is 6.42 Å². The Bertz CT molecular complexity index is 866. The highest BCUT2D eigenvalue weighted by Crippen LogP contribution is 2.34. The van der Waals surface area contributed by atoms with Gasteiger partial charge in [-0.05, 0) is 6.42 Å². The zero-order valence-corrected chi connectivity index (χ0v) is 22.7. The second-order valence-corrected chi connectivity index (χ2v) is 11.2. The number of aliphatic hydroxyl groups excluding tert-OH is 8. The van der Waals surface area contributed by atoms with Crippen LogP contribution in [-0.4, -0.2) is 177 Å². The van der Waals surface area contributed by atoms with Crippen LogP contribution in [0.5, 0.6) is 0 Å². The van der Waals surface area contributed by atoms with Crippen LogP contribution in [-0.2, 0) is 28.4 Å². The molecule has 1 saturated carbocycles. The molecular weight excluding hydrogens is 570 g/mol. The maximum atomic E-state index is 11.1. The van der Waals surface area contributed by atoms with Gasteiger partial charge in [0, 0.05) is 18.6 Å². The van der Waals surface area contributed by atoms with Gasteiger partial charge in [0.05, 0.1) is 31.4 Å². The van der Waals surface area contributed by atoms with Crippen molar-refractivity contribution in [3.05, 3.63) is 0 Å². The van der Waals surface area contributed by atoms with Gasteiger partial charge < -0.3 is 97.9 Å². The fourth-order valence-electron chi connectivity index (χ4n) is 5.70. The minimum atomic E-state index is -1.62. The number of ether oxygens (including phenoxy) is 6. The molecule has 3 saturated heterocycles. The minimum Gasteiger partial charge on any atom is -0.394 e. The van der Waals surface area contributed by atoms with Crippen molar-refractivity contribution in [1.29, 1.82) is 0 Å². The molecular formula is C23H45N5O14. The Morgan fingerprint density at radius 1 is 0.524 bits per heavy atom. The Balaban J connectivity index is 1.50. The van der Waals surface area contributed by atoms with Crippen molar-refractivity contribution in [1.82, 2.24) is 0 Å². The van der Waals surface area contributed by atoms with Gasteiger partial charge in [0.1, 0.15) is 67.1 Å². The number of hydrogen-bond donors (Lipinski definition) is 13. The summed E-state index contributed by atoms with van der Waals surface area (Å²) in [6.07, 6.45) is -20.5. The van der Waals surface area contributed by atoms with E-state index >= 15 is 0 Å². The number of rotatable bonds is 9. The van der Waals surface area contributed by atoms with Crippen LogP contribution in [0.2, 0.25) is 0 Å². The summed E-state index contributed by atoms with van der Waals surface area (Å²) in [5, 5.41) is 82.3. The molecule has 0 bridgehead atoms. The van der Waals surface area contributed by atoms with Crippen LogP contribution in [0.3, 0.4) is 0 Å². The van der Waals surface area contributed by atoms with E-state index in [2.05, 4.69) is 0 Å².